The van der Waals surface area contributed by atoms with E-state index in [1.54, 1.807) is 0 Å². The van der Waals surface area contributed by atoms with Crippen LogP contribution in [-0.2, 0) is 6.54 Å². The van der Waals surface area contributed by atoms with E-state index in [0.717, 1.165) is 23.0 Å². The maximum Gasteiger partial charge on any atom is 0.287 e. The number of hydrogen-bond acceptors (Lipinski definition) is 4. The molecule has 4 rings (SSSR count). The van der Waals surface area contributed by atoms with Gasteiger partial charge in [-0.1, -0.05) is 0 Å². The number of aromatic nitrogens is 3. The lowest BCUT2D eigenvalue weighted by atomic mass is 10.2. The Morgan fingerprint density at radius 1 is 1.32 bits per heavy atom. The van der Waals surface area contributed by atoms with Crippen molar-refractivity contribution in [2.24, 2.45) is 0 Å². The van der Waals surface area contributed by atoms with E-state index in [1.165, 1.54) is 25.7 Å². The molecular weight excluding hydrogens is 280 g/mol. The third-order valence-corrected chi connectivity index (χ3v) is 4.30. The topological polar surface area (TPSA) is 73.0 Å². The summed E-state index contributed by atoms with van der Waals surface area (Å²) in [4.78, 5) is 12.2. The predicted octanol–water partition coefficient (Wildman–Crippen LogP) is 2.63. The van der Waals surface area contributed by atoms with Gasteiger partial charge in [-0.15, -0.1) is 10.2 Å². The fraction of sp³-hybridized carbons (Fsp3) is 0.562. The third kappa shape index (κ3) is 2.42. The van der Waals surface area contributed by atoms with Crippen LogP contribution in [0.25, 0.3) is 0 Å². The van der Waals surface area contributed by atoms with Crippen LogP contribution in [0.3, 0.4) is 0 Å². The normalized spacial score (nSPS) is 17.7. The van der Waals surface area contributed by atoms with Gasteiger partial charge >= 0.3 is 0 Å². The minimum Gasteiger partial charge on any atom is -0.456 e. The molecule has 0 unspecified atom stereocenters. The smallest absolute Gasteiger partial charge is 0.287 e. The number of carbonyl (C=O) groups excluding carboxylic acids is 1. The molecule has 2 saturated carbocycles. The maximum absolute atomic E-state index is 12.2. The SMILES string of the molecule is Cc1cc(C)c(C(=O)NCc2nnc(C3CC3)n2C2CC2)o1. The van der Waals surface area contributed by atoms with Crippen LogP contribution in [0.1, 0.15) is 71.2 Å². The lowest BCUT2D eigenvalue weighted by Gasteiger charge is -2.09. The Kier molecular flexibility index (Phi) is 3.06. The summed E-state index contributed by atoms with van der Waals surface area (Å²) < 4.78 is 7.70. The Hall–Kier alpha value is -2.11. The second-order valence-electron chi connectivity index (χ2n) is 6.40. The standard InChI is InChI=1S/C16H20N4O2/c1-9-7-10(2)22-14(9)16(21)17-8-13-18-19-15(11-3-4-11)20(13)12-5-6-12/h7,11-12H,3-6,8H2,1-2H3,(H,17,21). The molecule has 2 aliphatic rings. The first-order valence-corrected chi connectivity index (χ1v) is 7.92. The van der Waals surface area contributed by atoms with Gasteiger partial charge in [-0.2, -0.15) is 0 Å². The Bertz CT molecular complexity index is 723. The molecule has 2 aliphatic carbocycles. The van der Waals surface area contributed by atoms with Crippen LogP contribution in [0.5, 0.6) is 0 Å². The van der Waals surface area contributed by atoms with Crippen molar-refractivity contribution in [3.05, 3.63) is 34.8 Å². The molecule has 0 aromatic carbocycles. The summed E-state index contributed by atoms with van der Waals surface area (Å²) in [5.74, 6) is 3.49. The Morgan fingerprint density at radius 2 is 2.09 bits per heavy atom. The van der Waals surface area contributed by atoms with Crippen LogP contribution in [0.2, 0.25) is 0 Å². The Morgan fingerprint density at radius 3 is 2.68 bits per heavy atom. The highest BCUT2D eigenvalue weighted by Crippen LogP contribution is 2.44. The molecule has 6 heteroatoms. The van der Waals surface area contributed by atoms with Gasteiger partial charge in [0.25, 0.3) is 5.91 Å². The van der Waals surface area contributed by atoms with E-state index in [-0.39, 0.29) is 5.91 Å². The fourth-order valence-corrected chi connectivity index (χ4v) is 2.91. The molecule has 0 atom stereocenters. The molecule has 2 fully saturated rings. The van der Waals surface area contributed by atoms with E-state index in [2.05, 4.69) is 20.1 Å². The molecule has 0 spiro atoms. The average molecular weight is 300 g/mol. The number of amides is 1. The summed E-state index contributed by atoms with van der Waals surface area (Å²) in [7, 11) is 0. The quantitative estimate of drug-likeness (QED) is 0.921. The molecule has 6 nitrogen and oxygen atoms in total. The largest absolute Gasteiger partial charge is 0.456 e. The molecule has 1 N–H and O–H groups in total. The Balaban J connectivity index is 1.50. The van der Waals surface area contributed by atoms with E-state index in [9.17, 15) is 4.79 Å². The summed E-state index contributed by atoms with van der Waals surface area (Å²) in [5, 5.41) is 11.6. The first-order chi connectivity index (χ1) is 10.6. The van der Waals surface area contributed by atoms with Gasteiger partial charge in [0.1, 0.15) is 11.6 Å². The van der Waals surface area contributed by atoms with Crippen LogP contribution in [-0.4, -0.2) is 20.7 Å². The van der Waals surface area contributed by atoms with E-state index in [4.69, 9.17) is 4.42 Å². The molecule has 1 amide bonds. The van der Waals surface area contributed by atoms with Gasteiger partial charge in [0.15, 0.2) is 11.6 Å². The van der Waals surface area contributed by atoms with Gasteiger partial charge < -0.3 is 14.3 Å². The minimum absolute atomic E-state index is 0.191. The molecule has 2 heterocycles. The van der Waals surface area contributed by atoms with Crippen LogP contribution in [0, 0.1) is 13.8 Å². The zero-order valence-electron chi connectivity index (χ0n) is 12.9. The first kappa shape index (κ1) is 13.5. The molecular formula is C16H20N4O2. The summed E-state index contributed by atoms with van der Waals surface area (Å²) in [6, 6.07) is 2.40. The predicted molar refractivity (Wildman–Crippen MR) is 79.6 cm³/mol. The van der Waals surface area contributed by atoms with Gasteiger partial charge in [-0.25, -0.2) is 0 Å². The first-order valence-electron chi connectivity index (χ1n) is 7.92. The zero-order valence-corrected chi connectivity index (χ0v) is 12.9. The summed E-state index contributed by atoms with van der Waals surface area (Å²) in [6.45, 7) is 4.12. The van der Waals surface area contributed by atoms with Crippen LogP contribution < -0.4 is 5.32 Å². The number of nitrogens with zero attached hydrogens (tertiary/aromatic N) is 3. The van der Waals surface area contributed by atoms with Crippen molar-refractivity contribution >= 4 is 5.91 Å². The molecule has 2 aromatic rings. The summed E-state index contributed by atoms with van der Waals surface area (Å²) in [5.41, 5.74) is 0.859. The van der Waals surface area contributed by atoms with E-state index in [1.807, 2.05) is 19.9 Å². The van der Waals surface area contributed by atoms with Gasteiger partial charge in [0.2, 0.25) is 0 Å². The molecule has 22 heavy (non-hydrogen) atoms. The molecule has 116 valence electrons. The van der Waals surface area contributed by atoms with Crippen molar-refractivity contribution in [2.45, 2.75) is 58.0 Å². The molecule has 0 radical (unpaired) electrons. The summed E-state index contributed by atoms with van der Waals surface area (Å²) >= 11 is 0. The van der Waals surface area contributed by atoms with Crippen LogP contribution in [0.4, 0.5) is 0 Å². The maximum atomic E-state index is 12.2. The number of carbonyl (C=O) groups is 1. The number of furan rings is 1. The van der Waals surface area contributed by atoms with Gasteiger partial charge in [-0.05, 0) is 45.6 Å². The molecule has 0 bridgehead atoms. The van der Waals surface area contributed by atoms with Crippen molar-refractivity contribution < 1.29 is 9.21 Å². The van der Waals surface area contributed by atoms with Crippen LogP contribution >= 0.6 is 0 Å². The van der Waals surface area contributed by atoms with Crippen molar-refractivity contribution in [1.82, 2.24) is 20.1 Å². The number of nitrogens with one attached hydrogen (secondary N) is 1. The average Bonchev–Trinajstić information content (AvgIpc) is 3.41. The van der Waals surface area contributed by atoms with Crippen molar-refractivity contribution in [3.63, 3.8) is 0 Å². The van der Waals surface area contributed by atoms with Gasteiger partial charge in [-0.3, -0.25) is 4.79 Å². The van der Waals surface area contributed by atoms with Crippen molar-refractivity contribution in [1.29, 1.82) is 0 Å². The zero-order chi connectivity index (χ0) is 15.3. The molecule has 0 aliphatic heterocycles. The lowest BCUT2D eigenvalue weighted by molar-refractivity contribution is 0.0919. The van der Waals surface area contributed by atoms with Gasteiger partial charge in [0.05, 0.1) is 6.54 Å². The van der Waals surface area contributed by atoms with Crippen LogP contribution in [0.15, 0.2) is 10.5 Å². The summed E-state index contributed by atoms with van der Waals surface area (Å²) in [6.07, 6.45) is 4.80. The van der Waals surface area contributed by atoms with E-state index >= 15 is 0 Å². The van der Waals surface area contributed by atoms with E-state index < -0.39 is 0 Å². The lowest BCUT2D eigenvalue weighted by Crippen LogP contribution is -2.25. The second kappa shape index (κ2) is 4.97. The third-order valence-electron chi connectivity index (χ3n) is 4.30. The second-order valence-corrected chi connectivity index (χ2v) is 6.40. The molecule has 0 saturated heterocycles. The van der Waals surface area contributed by atoms with E-state index in [0.29, 0.717) is 24.3 Å². The minimum atomic E-state index is -0.191. The van der Waals surface area contributed by atoms with Crippen molar-refractivity contribution in [3.8, 4) is 0 Å². The number of aryl methyl sites for hydroxylation is 2. The number of rotatable bonds is 5. The monoisotopic (exact) mass is 300 g/mol. The highest BCUT2D eigenvalue weighted by molar-refractivity contribution is 5.92. The fourth-order valence-electron chi connectivity index (χ4n) is 2.91. The highest BCUT2D eigenvalue weighted by atomic mass is 16.3. The molecule has 2 aromatic heterocycles. The van der Waals surface area contributed by atoms with Crippen molar-refractivity contribution in [2.75, 3.05) is 0 Å². The number of hydrogen-bond donors (Lipinski definition) is 1. The van der Waals surface area contributed by atoms with Gasteiger partial charge in [0, 0.05) is 17.5 Å². The Labute approximate surface area is 128 Å². The highest BCUT2D eigenvalue weighted by Gasteiger charge is 2.36.